The van der Waals surface area contributed by atoms with E-state index in [0.29, 0.717) is 25.9 Å². The van der Waals surface area contributed by atoms with Crippen molar-refractivity contribution in [2.75, 3.05) is 19.8 Å². The average molecular weight is 727 g/mol. The van der Waals surface area contributed by atoms with E-state index in [1.54, 1.807) is 0 Å². The Balaban J connectivity index is 1.16. The van der Waals surface area contributed by atoms with Crippen molar-refractivity contribution in [1.82, 2.24) is 0 Å². The van der Waals surface area contributed by atoms with Gasteiger partial charge in [-0.3, -0.25) is 0 Å². The highest BCUT2D eigenvalue weighted by Gasteiger charge is 2.85. The number of aliphatic hydroxyl groups excluding tert-OH is 8. The summed E-state index contributed by atoms with van der Waals surface area (Å²) in [5.74, 6) is 0.0470. The van der Waals surface area contributed by atoms with Crippen molar-refractivity contribution in [3.63, 3.8) is 0 Å². The molecule has 8 aliphatic rings. The monoisotopic (exact) mass is 726 g/mol. The van der Waals surface area contributed by atoms with E-state index < -0.39 is 91.2 Å². The Morgan fingerprint density at radius 2 is 1.43 bits per heavy atom. The molecule has 292 valence electrons. The Morgan fingerprint density at radius 1 is 0.706 bits per heavy atom. The summed E-state index contributed by atoms with van der Waals surface area (Å²) in [5, 5.41) is 85.7. The minimum Gasteiger partial charge on any atom is -0.394 e. The van der Waals surface area contributed by atoms with Gasteiger partial charge in [-0.1, -0.05) is 27.7 Å². The zero-order valence-corrected chi connectivity index (χ0v) is 30.8. The molecule has 12 unspecified atom stereocenters. The second-order valence-corrected chi connectivity index (χ2v) is 19.2. The third-order valence-electron chi connectivity index (χ3n) is 16.8. The Morgan fingerprint density at radius 3 is 2.12 bits per heavy atom. The van der Waals surface area contributed by atoms with Gasteiger partial charge in [0.25, 0.3) is 0 Å². The van der Waals surface area contributed by atoms with Crippen LogP contribution in [0.2, 0.25) is 0 Å². The quantitative estimate of drug-likeness (QED) is 0.177. The lowest BCUT2D eigenvalue weighted by molar-refractivity contribution is -0.339. The van der Waals surface area contributed by atoms with Gasteiger partial charge in [-0.2, -0.15) is 0 Å². The first-order valence-electron chi connectivity index (χ1n) is 19.5. The summed E-state index contributed by atoms with van der Waals surface area (Å²) in [6.07, 6.45) is -5.92. The summed E-state index contributed by atoms with van der Waals surface area (Å²) >= 11 is 0. The van der Waals surface area contributed by atoms with Crippen LogP contribution in [0.15, 0.2) is 0 Å². The van der Waals surface area contributed by atoms with E-state index >= 15 is 0 Å². The summed E-state index contributed by atoms with van der Waals surface area (Å²) in [7, 11) is 0. The normalized spacial score (nSPS) is 60.5. The van der Waals surface area contributed by atoms with Gasteiger partial charge in [0, 0.05) is 12.5 Å². The van der Waals surface area contributed by atoms with E-state index in [4.69, 9.17) is 23.7 Å². The summed E-state index contributed by atoms with van der Waals surface area (Å²) in [6, 6.07) is 0. The van der Waals surface area contributed by atoms with Crippen molar-refractivity contribution < 1.29 is 64.5 Å². The van der Waals surface area contributed by atoms with E-state index in [9.17, 15) is 40.9 Å². The fourth-order valence-electron chi connectivity index (χ4n) is 14.3. The molecule has 3 saturated heterocycles. The molecule has 8 N–H and O–H groups in total. The topological polar surface area (TPSA) is 208 Å². The Hall–Kier alpha value is -0.520. The fourth-order valence-corrected chi connectivity index (χ4v) is 14.3. The van der Waals surface area contributed by atoms with Gasteiger partial charge < -0.3 is 64.5 Å². The highest BCUT2D eigenvalue weighted by Crippen LogP contribution is 2.89. The van der Waals surface area contributed by atoms with Crippen molar-refractivity contribution in [2.45, 2.75) is 172 Å². The van der Waals surface area contributed by atoms with Crippen LogP contribution in [0.3, 0.4) is 0 Å². The van der Waals surface area contributed by atoms with Crippen LogP contribution >= 0.6 is 0 Å². The Bertz CT molecular complexity index is 1320. The second kappa shape index (κ2) is 12.2. The first-order chi connectivity index (χ1) is 23.9. The van der Waals surface area contributed by atoms with Crippen LogP contribution in [-0.4, -0.2) is 140 Å². The van der Waals surface area contributed by atoms with Crippen molar-refractivity contribution in [2.24, 2.45) is 44.8 Å². The molecule has 0 amide bonds. The summed E-state index contributed by atoms with van der Waals surface area (Å²) in [4.78, 5) is 0. The zero-order valence-electron chi connectivity index (χ0n) is 30.8. The Kier molecular flexibility index (Phi) is 8.98. The minimum absolute atomic E-state index is 0.00336. The van der Waals surface area contributed by atoms with Gasteiger partial charge in [-0.15, -0.1) is 0 Å². The van der Waals surface area contributed by atoms with Crippen molar-refractivity contribution in [3.8, 4) is 0 Å². The van der Waals surface area contributed by atoms with E-state index in [1.807, 2.05) is 0 Å². The van der Waals surface area contributed by atoms with Crippen LogP contribution in [0.1, 0.15) is 92.4 Å². The van der Waals surface area contributed by atoms with Crippen molar-refractivity contribution in [1.29, 1.82) is 0 Å². The number of fused-ring (bicyclic) bond motifs is 2. The fraction of sp³-hybridized carbons (Fsp3) is 1.00. The SMILES string of the molecule is CC1(C)C(OC2OC[C@@H](O)C(O)[C@H]2O)CCC23CC24CCC2(C)C([C@@]5(C)CCCO5)C(O)C[C@@]2(C)C4C[C@H](OC2O[C@H](CO)C(O)[C@H](O)C2O)[C@@H]13. The van der Waals surface area contributed by atoms with E-state index in [0.717, 1.165) is 38.5 Å². The summed E-state index contributed by atoms with van der Waals surface area (Å²) in [6.45, 7) is 11.2. The maximum Gasteiger partial charge on any atom is 0.186 e. The lowest BCUT2D eigenvalue weighted by atomic mass is 9.41. The highest BCUT2D eigenvalue weighted by atomic mass is 16.7. The third-order valence-corrected chi connectivity index (χ3v) is 16.8. The van der Waals surface area contributed by atoms with Crippen LogP contribution in [0.4, 0.5) is 0 Å². The number of hydrogen-bond acceptors (Lipinski definition) is 13. The van der Waals surface area contributed by atoms with Crippen LogP contribution < -0.4 is 0 Å². The average Bonchev–Trinajstić information content (AvgIpc) is 3.41. The number of rotatable bonds is 6. The van der Waals surface area contributed by atoms with Gasteiger partial charge in [0.1, 0.15) is 42.7 Å². The molecule has 2 spiro atoms. The first-order valence-corrected chi connectivity index (χ1v) is 19.5. The molecule has 5 aliphatic carbocycles. The number of ether oxygens (including phenoxy) is 5. The first kappa shape index (κ1) is 37.4. The maximum absolute atomic E-state index is 12.0. The standard InChI is InChI=1S/C38H62O13/c1-33(2)23(51-31-27(45)24(42)19(41)16-47-31)7-9-38-17-37(38)11-10-34(3)29(36(5)8-6-12-48-36)18(40)14-35(34,4)22(37)13-20(30(33)38)49-32-28(46)26(44)25(43)21(15-39)50-32/h18-32,39-46H,6-17H2,1-5H3/t18?,19-,20+,21-,22?,23?,24?,25?,26+,27-,28?,29?,30+,31?,32?,34?,35+,36-,37?,38?/m1/s1. The number of aliphatic hydroxyl groups is 8. The second-order valence-electron chi connectivity index (χ2n) is 19.2. The van der Waals surface area contributed by atoms with E-state index in [2.05, 4.69) is 34.6 Å². The molecule has 5 saturated carbocycles. The van der Waals surface area contributed by atoms with Crippen LogP contribution in [0, 0.1) is 44.8 Å². The van der Waals surface area contributed by atoms with Gasteiger partial charge >= 0.3 is 0 Å². The smallest absolute Gasteiger partial charge is 0.186 e. The summed E-state index contributed by atoms with van der Waals surface area (Å²) in [5.41, 5.74) is -1.56. The molecule has 20 atom stereocenters. The molecule has 0 aromatic heterocycles. The van der Waals surface area contributed by atoms with E-state index in [-0.39, 0.29) is 46.0 Å². The van der Waals surface area contributed by atoms with Gasteiger partial charge in [-0.05, 0) is 104 Å². The van der Waals surface area contributed by atoms with Gasteiger partial charge in [0.2, 0.25) is 0 Å². The van der Waals surface area contributed by atoms with Crippen molar-refractivity contribution in [3.05, 3.63) is 0 Å². The van der Waals surface area contributed by atoms with Crippen LogP contribution in [0.25, 0.3) is 0 Å². The van der Waals surface area contributed by atoms with Crippen LogP contribution in [-0.2, 0) is 23.7 Å². The largest absolute Gasteiger partial charge is 0.394 e. The molecule has 3 aliphatic heterocycles. The molecular formula is C38H62O13. The maximum atomic E-state index is 12.0. The molecule has 8 fully saturated rings. The molecular weight excluding hydrogens is 664 g/mol. The van der Waals surface area contributed by atoms with Crippen molar-refractivity contribution >= 4 is 0 Å². The molecule has 13 heteroatoms. The molecule has 0 bridgehead atoms. The number of hydrogen-bond donors (Lipinski definition) is 8. The molecule has 3 heterocycles. The van der Waals surface area contributed by atoms with E-state index in [1.165, 1.54) is 0 Å². The van der Waals surface area contributed by atoms with Crippen LogP contribution in [0.5, 0.6) is 0 Å². The molecule has 13 nitrogen and oxygen atoms in total. The highest BCUT2D eigenvalue weighted by molar-refractivity contribution is 5.33. The third kappa shape index (κ3) is 4.99. The molecule has 0 aromatic rings. The predicted octanol–water partition coefficient (Wildman–Crippen LogP) is 0.585. The zero-order chi connectivity index (χ0) is 36.7. The lowest BCUT2D eigenvalue weighted by Gasteiger charge is -2.65. The predicted molar refractivity (Wildman–Crippen MR) is 179 cm³/mol. The molecule has 51 heavy (non-hydrogen) atoms. The molecule has 0 aromatic carbocycles. The summed E-state index contributed by atoms with van der Waals surface area (Å²) < 4.78 is 31.5. The minimum atomic E-state index is -1.57. The molecule has 0 radical (unpaired) electrons. The van der Waals surface area contributed by atoms with Gasteiger partial charge in [-0.25, -0.2) is 0 Å². The lowest BCUT2D eigenvalue weighted by Crippen LogP contribution is -2.65. The molecule has 8 rings (SSSR count). The Labute approximate surface area is 300 Å². The van der Waals surface area contributed by atoms with Gasteiger partial charge in [0.15, 0.2) is 12.6 Å². The van der Waals surface area contributed by atoms with Gasteiger partial charge in [0.05, 0.1) is 37.1 Å².